The van der Waals surface area contributed by atoms with Gasteiger partial charge in [-0.2, -0.15) is 0 Å². The molecule has 2 aliphatic heterocycles. The van der Waals surface area contributed by atoms with Gasteiger partial charge in [-0.05, 0) is 75.5 Å². The van der Waals surface area contributed by atoms with Crippen LogP contribution in [0.1, 0.15) is 39.9 Å². The number of halogens is 3. The summed E-state index contributed by atoms with van der Waals surface area (Å²) in [5.41, 5.74) is 3.71. The van der Waals surface area contributed by atoms with Crippen LogP contribution in [0.2, 0.25) is 5.02 Å². The summed E-state index contributed by atoms with van der Waals surface area (Å²) in [5.74, 6) is -1.06. The number of anilines is 2. The molecule has 0 spiro atoms. The number of hydrogen-bond acceptors (Lipinski definition) is 6. The molecule has 0 atom stereocenters. The molecule has 2 aliphatic rings. The summed E-state index contributed by atoms with van der Waals surface area (Å²) in [6.07, 6.45) is 3.58. The van der Waals surface area contributed by atoms with Crippen molar-refractivity contribution in [2.24, 2.45) is 4.99 Å². The van der Waals surface area contributed by atoms with Crippen LogP contribution in [-0.2, 0) is 6.54 Å². The highest BCUT2D eigenvalue weighted by atomic mass is 35.5. The van der Waals surface area contributed by atoms with Crippen molar-refractivity contribution in [3.8, 4) is 11.3 Å². The zero-order chi connectivity index (χ0) is 29.4. The first-order valence-corrected chi connectivity index (χ1v) is 14.1. The van der Waals surface area contributed by atoms with Crippen LogP contribution < -0.4 is 5.32 Å². The summed E-state index contributed by atoms with van der Waals surface area (Å²) >= 11 is 6.31. The fourth-order valence-corrected chi connectivity index (χ4v) is 5.69. The molecular formula is C32H29ClF2N6O. The number of carbonyl (C=O) groups is 1. The van der Waals surface area contributed by atoms with E-state index in [1.54, 1.807) is 36.5 Å². The third-order valence-electron chi connectivity index (χ3n) is 7.83. The van der Waals surface area contributed by atoms with Crippen LogP contribution in [0, 0.1) is 11.6 Å². The monoisotopic (exact) mass is 586 g/mol. The molecule has 214 valence electrons. The fourth-order valence-electron chi connectivity index (χ4n) is 5.52. The zero-order valence-corrected chi connectivity index (χ0v) is 24.0. The van der Waals surface area contributed by atoms with Crippen molar-refractivity contribution in [1.29, 1.82) is 0 Å². The van der Waals surface area contributed by atoms with E-state index in [-0.39, 0.29) is 23.7 Å². The summed E-state index contributed by atoms with van der Waals surface area (Å²) in [7, 11) is 4.15. The fraction of sp³-hybridized carbons (Fsp3) is 0.250. The van der Waals surface area contributed by atoms with E-state index < -0.39 is 11.6 Å². The van der Waals surface area contributed by atoms with Gasteiger partial charge in [0.2, 0.25) is 5.95 Å². The maximum Gasteiger partial charge on any atom is 0.253 e. The van der Waals surface area contributed by atoms with Crippen LogP contribution in [0.4, 0.5) is 20.4 Å². The van der Waals surface area contributed by atoms with Gasteiger partial charge in [0.15, 0.2) is 0 Å². The minimum atomic E-state index is -0.709. The number of aromatic nitrogens is 2. The average Bonchev–Trinajstić information content (AvgIpc) is 3.14. The molecule has 3 aromatic carbocycles. The number of benzene rings is 3. The van der Waals surface area contributed by atoms with E-state index in [0.29, 0.717) is 50.6 Å². The molecule has 10 heteroatoms. The highest BCUT2D eigenvalue weighted by Crippen LogP contribution is 2.35. The Morgan fingerprint density at radius 1 is 1.00 bits per heavy atom. The molecule has 7 nitrogen and oxygen atoms in total. The summed E-state index contributed by atoms with van der Waals surface area (Å²) in [5, 5.41) is 3.61. The predicted molar refractivity (Wildman–Crippen MR) is 161 cm³/mol. The third kappa shape index (κ3) is 5.49. The molecule has 1 aromatic heterocycles. The normalized spacial score (nSPS) is 15.1. The molecule has 0 aliphatic carbocycles. The molecule has 0 radical (unpaired) electrons. The first kappa shape index (κ1) is 27.9. The van der Waals surface area contributed by atoms with Crippen LogP contribution in [-0.4, -0.2) is 64.6 Å². The van der Waals surface area contributed by atoms with Gasteiger partial charge < -0.3 is 15.1 Å². The number of nitrogens with zero attached hydrogens (tertiary/aromatic N) is 5. The number of carbonyl (C=O) groups excluding carboxylic acids is 1. The van der Waals surface area contributed by atoms with Crippen LogP contribution >= 0.6 is 11.6 Å². The lowest BCUT2D eigenvalue weighted by atomic mass is 9.95. The van der Waals surface area contributed by atoms with Crippen molar-refractivity contribution in [3.05, 3.63) is 106 Å². The van der Waals surface area contributed by atoms with Crippen molar-refractivity contribution >= 4 is 34.9 Å². The van der Waals surface area contributed by atoms with Gasteiger partial charge in [0.05, 0.1) is 23.5 Å². The number of amides is 1. The average molecular weight is 587 g/mol. The number of fused-ring (bicyclic) bond motifs is 3. The second-order valence-electron chi connectivity index (χ2n) is 10.7. The Morgan fingerprint density at radius 3 is 2.40 bits per heavy atom. The van der Waals surface area contributed by atoms with Crippen molar-refractivity contribution < 1.29 is 13.6 Å². The lowest BCUT2D eigenvalue weighted by molar-refractivity contribution is 0.0663. The minimum Gasteiger partial charge on any atom is -0.339 e. The summed E-state index contributed by atoms with van der Waals surface area (Å²) < 4.78 is 29.6. The lowest BCUT2D eigenvalue weighted by Crippen LogP contribution is -2.44. The second-order valence-corrected chi connectivity index (χ2v) is 11.1. The molecule has 1 N–H and O–H groups in total. The number of likely N-dealkylation sites (tertiary alicyclic amines) is 1. The Morgan fingerprint density at radius 2 is 1.71 bits per heavy atom. The summed E-state index contributed by atoms with van der Waals surface area (Å²) in [4.78, 5) is 31.0. The largest absolute Gasteiger partial charge is 0.339 e. The van der Waals surface area contributed by atoms with Crippen molar-refractivity contribution in [3.63, 3.8) is 0 Å². The van der Waals surface area contributed by atoms with E-state index in [1.807, 2.05) is 17.0 Å². The quantitative estimate of drug-likeness (QED) is 0.296. The summed E-state index contributed by atoms with van der Waals surface area (Å²) in [6.45, 7) is 1.62. The van der Waals surface area contributed by atoms with Gasteiger partial charge >= 0.3 is 0 Å². The lowest BCUT2D eigenvalue weighted by Gasteiger charge is -2.35. The van der Waals surface area contributed by atoms with Gasteiger partial charge in [0.25, 0.3) is 5.91 Å². The Balaban J connectivity index is 1.25. The maximum atomic E-state index is 14.8. The van der Waals surface area contributed by atoms with E-state index in [2.05, 4.69) is 34.3 Å². The van der Waals surface area contributed by atoms with Crippen LogP contribution in [0.25, 0.3) is 11.3 Å². The topological polar surface area (TPSA) is 73.7 Å². The highest BCUT2D eigenvalue weighted by Gasteiger charge is 2.26. The van der Waals surface area contributed by atoms with Crippen LogP contribution in [0.5, 0.6) is 0 Å². The molecule has 6 rings (SSSR count). The molecule has 42 heavy (non-hydrogen) atoms. The predicted octanol–water partition coefficient (Wildman–Crippen LogP) is 6.34. The molecule has 1 amide bonds. The number of nitrogens with one attached hydrogen (secondary N) is 1. The van der Waals surface area contributed by atoms with E-state index in [4.69, 9.17) is 16.6 Å². The molecule has 0 unspecified atom stereocenters. The van der Waals surface area contributed by atoms with Crippen LogP contribution in [0.15, 0.2) is 71.9 Å². The number of piperidine rings is 1. The Kier molecular flexibility index (Phi) is 7.70. The Bertz CT molecular complexity index is 1660. The molecule has 1 fully saturated rings. The summed E-state index contributed by atoms with van der Waals surface area (Å²) in [6, 6.07) is 16.6. The molecule has 0 saturated carbocycles. The van der Waals surface area contributed by atoms with E-state index in [9.17, 15) is 13.6 Å². The van der Waals surface area contributed by atoms with Crippen molar-refractivity contribution in [2.45, 2.75) is 25.4 Å². The van der Waals surface area contributed by atoms with E-state index >= 15 is 0 Å². The zero-order valence-electron chi connectivity index (χ0n) is 23.2. The molecule has 3 heterocycles. The number of rotatable bonds is 5. The third-order valence-corrected chi connectivity index (χ3v) is 8.07. The SMILES string of the molecule is CN(C)C1CCN(C(=O)c2ccc(Nc3ncc4c(n3)-c3ccc(Cl)cc3C(c3c(F)cccc3F)=NC4)cc2)CC1. The van der Waals surface area contributed by atoms with E-state index in [0.717, 1.165) is 25.9 Å². The van der Waals surface area contributed by atoms with Gasteiger partial charge in [0.1, 0.15) is 11.6 Å². The van der Waals surface area contributed by atoms with Crippen molar-refractivity contribution in [2.75, 3.05) is 32.5 Å². The first-order chi connectivity index (χ1) is 20.3. The molecule has 4 aromatic rings. The molecular weight excluding hydrogens is 558 g/mol. The van der Waals surface area contributed by atoms with Gasteiger partial charge in [0, 0.05) is 58.3 Å². The van der Waals surface area contributed by atoms with Gasteiger partial charge in [-0.15, -0.1) is 0 Å². The van der Waals surface area contributed by atoms with Crippen molar-refractivity contribution in [1.82, 2.24) is 19.8 Å². The van der Waals surface area contributed by atoms with Gasteiger partial charge in [-0.25, -0.2) is 18.7 Å². The number of hydrogen-bond donors (Lipinski definition) is 1. The van der Waals surface area contributed by atoms with Gasteiger partial charge in [-0.3, -0.25) is 9.79 Å². The smallest absolute Gasteiger partial charge is 0.253 e. The Labute approximate surface area is 247 Å². The minimum absolute atomic E-state index is 0.0254. The Hall–Kier alpha value is -4.21. The highest BCUT2D eigenvalue weighted by molar-refractivity contribution is 6.31. The molecule has 1 saturated heterocycles. The molecule has 0 bridgehead atoms. The van der Waals surface area contributed by atoms with Crippen LogP contribution in [0.3, 0.4) is 0 Å². The van der Waals surface area contributed by atoms with Gasteiger partial charge in [-0.1, -0.05) is 23.7 Å². The first-order valence-electron chi connectivity index (χ1n) is 13.8. The maximum absolute atomic E-state index is 14.8. The number of aliphatic imine (C=N–C) groups is 1. The second kappa shape index (κ2) is 11.6. The van der Waals surface area contributed by atoms with E-state index in [1.165, 1.54) is 18.2 Å². The standard InChI is InChI=1S/C32H29ClF2N6O/c1-40(2)23-12-14-41(15-13-23)31(42)19-6-9-22(10-7-19)38-32-37-18-20-17-36-30(28-26(34)4-3-5-27(28)35)25-16-21(33)8-11-24(25)29(20)39-32/h3-11,16,18,23H,12-15,17H2,1-2H3,(H,37,38,39).